The third-order valence-electron chi connectivity index (χ3n) is 5.29. The molecule has 27 heavy (non-hydrogen) atoms. The number of nitrogens with one attached hydrogen (secondary N) is 1. The molecule has 1 aromatic heterocycles. The molecule has 0 bridgehead atoms. The summed E-state index contributed by atoms with van der Waals surface area (Å²) in [6, 6.07) is 9.77. The minimum Gasteiger partial charge on any atom is -0.443 e. The van der Waals surface area contributed by atoms with E-state index in [0.29, 0.717) is 16.6 Å². The molecule has 0 aliphatic carbocycles. The van der Waals surface area contributed by atoms with Crippen LogP contribution in [0, 0.1) is 5.41 Å². The van der Waals surface area contributed by atoms with Gasteiger partial charge in [-0.05, 0) is 57.0 Å². The number of ether oxygens (including phenoxy) is 2. The lowest BCUT2D eigenvalue weighted by Gasteiger charge is -2.32. The zero-order chi connectivity index (χ0) is 19.0. The molecule has 1 N–H and O–H groups in total. The lowest BCUT2D eigenvalue weighted by molar-refractivity contribution is -0.0722. The van der Waals surface area contributed by atoms with Crippen LogP contribution in [-0.2, 0) is 5.79 Å². The summed E-state index contributed by atoms with van der Waals surface area (Å²) >= 11 is 5.96. The average molecular weight is 386 g/mol. The molecule has 1 fully saturated rings. The van der Waals surface area contributed by atoms with E-state index in [1.807, 2.05) is 32.0 Å². The number of benzene rings is 1. The number of piperidine rings is 1. The standard InChI is InChI=1S/C21H24ClN3O2/c1-14(23)13-25-10-8-15(9-11-25)17-4-3-5-18-20(17)27-21(2,26-18)19-7-6-16(22)12-24-19/h3-7,12,15,23H,8-11,13H2,1-2H3/t21-/m0/s1. The van der Waals surface area contributed by atoms with Gasteiger partial charge in [0.05, 0.1) is 5.02 Å². The maximum absolute atomic E-state index is 7.69. The topological polar surface area (TPSA) is 58.4 Å². The third-order valence-corrected chi connectivity index (χ3v) is 5.52. The highest BCUT2D eigenvalue weighted by Crippen LogP contribution is 2.49. The van der Waals surface area contributed by atoms with Crippen LogP contribution in [0.15, 0.2) is 36.5 Å². The number of para-hydroxylation sites is 1. The van der Waals surface area contributed by atoms with Crippen LogP contribution in [0.25, 0.3) is 0 Å². The van der Waals surface area contributed by atoms with Crippen LogP contribution >= 0.6 is 11.6 Å². The highest BCUT2D eigenvalue weighted by atomic mass is 35.5. The van der Waals surface area contributed by atoms with Crippen LogP contribution in [0.5, 0.6) is 11.5 Å². The minimum absolute atomic E-state index is 0.436. The van der Waals surface area contributed by atoms with Crippen molar-refractivity contribution < 1.29 is 9.47 Å². The molecule has 1 atom stereocenters. The lowest BCUT2D eigenvalue weighted by atomic mass is 9.88. The fraction of sp³-hybridized carbons (Fsp3) is 0.429. The van der Waals surface area contributed by atoms with Gasteiger partial charge in [0, 0.05) is 30.9 Å². The molecule has 0 unspecified atom stereocenters. The predicted octanol–water partition coefficient (Wildman–Crippen LogP) is 4.60. The van der Waals surface area contributed by atoms with Crippen LogP contribution in [0.3, 0.4) is 0 Å². The van der Waals surface area contributed by atoms with Crippen LogP contribution in [0.4, 0.5) is 0 Å². The van der Waals surface area contributed by atoms with Gasteiger partial charge in [0.1, 0.15) is 5.69 Å². The average Bonchev–Trinajstić information content (AvgIpc) is 3.00. The zero-order valence-corrected chi connectivity index (χ0v) is 16.4. The fourth-order valence-corrected chi connectivity index (χ4v) is 4.07. The van der Waals surface area contributed by atoms with Gasteiger partial charge in [-0.1, -0.05) is 23.7 Å². The number of hydrogen-bond donors (Lipinski definition) is 1. The highest BCUT2D eigenvalue weighted by Gasteiger charge is 2.42. The molecule has 142 valence electrons. The second kappa shape index (κ2) is 7.13. The molecular weight excluding hydrogens is 362 g/mol. The fourth-order valence-electron chi connectivity index (χ4n) is 3.96. The lowest BCUT2D eigenvalue weighted by Crippen LogP contribution is -2.36. The van der Waals surface area contributed by atoms with Gasteiger partial charge >= 0.3 is 0 Å². The van der Waals surface area contributed by atoms with E-state index in [4.69, 9.17) is 26.5 Å². The number of pyridine rings is 1. The first-order valence-electron chi connectivity index (χ1n) is 9.34. The molecule has 6 heteroatoms. The van der Waals surface area contributed by atoms with Crippen molar-refractivity contribution in [3.8, 4) is 11.5 Å². The molecule has 5 nitrogen and oxygen atoms in total. The summed E-state index contributed by atoms with van der Waals surface area (Å²) in [6.45, 7) is 6.53. The number of hydrogen-bond acceptors (Lipinski definition) is 5. The smallest absolute Gasteiger partial charge is 0.292 e. The Labute approximate surface area is 164 Å². The van der Waals surface area contributed by atoms with Crippen LogP contribution < -0.4 is 9.47 Å². The monoisotopic (exact) mass is 385 g/mol. The van der Waals surface area contributed by atoms with Crippen LogP contribution in [0.2, 0.25) is 5.02 Å². The van der Waals surface area contributed by atoms with E-state index in [2.05, 4.69) is 16.0 Å². The van der Waals surface area contributed by atoms with Gasteiger partial charge in [-0.25, -0.2) is 0 Å². The first kappa shape index (κ1) is 18.3. The summed E-state index contributed by atoms with van der Waals surface area (Å²) < 4.78 is 12.5. The van der Waals surface area contributed by atoms with Gasteiger partial charge in [-0.15, -0.1) is 0 Å². The maximum atomic E-state index is 7.69. The van der Waals surface area contributed by atoms with E-state index in [1.54, 1.807) is 12.3 Å². The third kappa shape index (κ3) is 3.66. The van der Waals surface area contributed by atoms with Crippen molar-refractivity contribution >= 4 is 17.3 Å². The van der Waals surface area contributed by atoms with Crippen molar-refractivity contribution in [2.45, 2.75) is 38.4 Å². The quantitative estimate of drug-likeness (QED) is 0.781. The summed E-state index contributed by atoms with van der Waals surface area (Å²) in [5.74, 6) is 1.09. The SMILES string of the molecule is CC(=N)CN1CCC(c2cccc3c2O[C@@](C)(c2ccc(Cl)cn2)O3)CC1. The number of nitrogens with zero attached hydrogens (tertiary/aromatic N) is 2. The van der Waals surface area contributed by atoms with E-state index >= 15 is 0 Å². The largest absolute Gasteiger partial charge is 0.443 e. The maximum Gasteiger partial charge on any atom is 0.292 e. The molecule has 4 rings (SSSR count). The Hall–Kier alpha value is -2.11. The van der Waals surface area contributed by atoms with Crippen molar-refractivity contribution in [2.24, 2.45) is 0 Å². The van der Waals surface area contributed by atoms with Crippen molar-refractivity contribution in [3.05, 3.63) is 52.8 Å². The first-order valence-corrected chi connectivity index (χ1v) is 9.72. The molecule has 2 aliphatic rings. The molecule has 0 spiro atoms. The summed E-state index contributed by atoms with van der Waals surface area (Å²) in [5.41, 5.74) is 2.62. The number of aromatic nitrogens is 1. The number of fused-ring (bicyclic) bond motifs is 1. The van der Waals surface area contributed by atoms with Crippen LogP contribution in [0.1, 0.15) is 43.9 Å². The molecule has 0 radical (unpaired) electrons. The van der Waals surface area contributed by atoms with Gasteiger partial charge in [0.25, 0.3) is 5.79 Å². The Kier molecular flexibility index (Phi) is 4.82. The molecule has 0 amide bonds. The number of likely N-dealkylation sites (tertiary alicyclic amines) is 1. The van der Waals surface area contributed by atoms with Crippen molar-refractivity contribution in [3.63, 3.8) is 0 Å². The Morgan fingerprint density at radius 3 is 2.70 bits per heavy atom. The molecule has 3 heterocycles. The molecule has 1 aromatic carbocycles. The van der Waals surface area contributed by atoms with E-state index in [0.717, 1.165) is 49.7 Å². The normalized spacial score (nSPS) is 22.8. The zero-order valence-electron chi connectivity index (χ0n) is 15.7. The Morgan fingerprint density at radius 2 is 2.04 bits per heavy atom. The van der Waals surface area contributed by atoms with Gasteiger partial charge in [0.2, 0.25) is 0 Å². The summed E-state index contributed by atoms with van der Waals surface area (Å²) in [6.07, 6.45) is 3.73. The summed E-state index contributed by atoms with van der Waals surface area (Å²) in [7, 11) is 0. The van der Waals surface area contributed by atoms with E-state index in [-0.39, 0.29) is 0 Å². The molecular formula is C21H24ClN3O2. The molecule has 0 saturated carbocycles. The molecule has 1 saturated heterocycles. The van der Waals surface area contributed by atoms with Crippen LogP contribution in [-0.4, -0.2) is 35.2 Å². The Bertz CT molecular complexity index is 847. The van der Waals surface area contributed by atoms with Gasteiger partial charge < -0.3 is 14.9 Å². The summed E-state index contributed by atoms with van der Waals surface area (Å²) in [4.78, 5) is 6.73. The number of halogens is 1. The van der Waals surface area contributed by atoms with Crippen molar-refractivity contribution in [1.82, 2.24) is 9.88 Å². The highest BCUT2D eigenvalue weighted by molar-refractivity contribution is 6.30. The van der Waals surface area contributed by atoms with E-state index in [9.17, 15) is 0 Å². The Morgan fingerprint density at radius 1 is 1.26 bits per heavy atom. The van der Waals surface area contributed by atoms with Gasteiger partial charge in [0.15, 0.2) is 11.5 Å². The number of rotatable bonds is 4. The second-order valence-electron chi connectivity index (χ2n) is 7.52. The van der Waals surface area contributed by atoms with Gasteiger partial charge in [-0.2, -0.15) is 0 Å². The van der Waals surface area contributed by atoms with Crippen molar-refractivity contribution in [2.75, 3.05) is 19.6 Å². The van der Waals surface area contributed by atoms with E-state index < -0.39 is 5.79 Å². The van der Waals surface area contributed by atoms with E-state index in [1.165, 1.54) is 5.56 Å². The predicted molar refractivity (Wildman–Crippen MR) is 106 cm³/mol. The minimum atomic E-state index is -0.943. The van der Waals surface area contributed by atoms with Crippen molar-refractivity contribution in [1.29, 1.82) is 5.41 Å². The summed E-state index contributed by atoms with van der Waals surface area (Å²) in [5, 5.41) is 8.28. The first-order chi connectivity index (χ1) is 12.9. The molecule has 2 aromatic rings. The van der Waals surface area contributed by atoms with Gasteiger partial charge in [-0.3, -0.25) is 9.88 Å². The second-order valence-corrected chi connectivity index (χ2v) is 7.95. The molecule has 2 aliphatic heterocycles. The Balaban J connectivity index is 1.54.